The first-order valence-corrected chi connectivity index (χ1v) is 8.30. The van der Waals surface area contributed by atoms with E-state index in [-0.39, 0.29) is 6.04 Å². The van der Waals surface area contributed by atoms with E-state index in [0.29, 0.717) is 31.4 Å². The normalized spacial score (nSPS) is 21.1. The minimum Gasteiger partial charge on any atom is -0.381 e. The molecule has 0 aromatic heterocycles. The molecule has 0 saturated carbocycles. The molecule has 1 N–H and O–H groups in total. The van der Waals surface area contributed by atoms with E-state index >= 15 is 0 Å². The number of rotatable bonds is 5. The number of ether oxygens (including phenoxy) is 1. The van der Waals surface area contributed by atoms with Crippen molar-refractivity contribution in [2.45, 2.75) is 38.3 Å². The Kier molecular flexibility index (Phi) is 5.39. The zero-order valence-corrected chi connectivity index (χ0v) is 13.0. The van der Waals surface area contributed by atoms with Gasteiger partial charge in [-0.05, 0) is 26.7 Å². The molecular weight excluding hydrogens is 308 g/mol. The average molecular weight is 329 g/mol. The van der Waals surface area contributed by atoms with Crippen LogP contribution in [0.5, 0.6) is 0 Å². The van der Waals surface area contributed by atoms with Crippen molar-refractivity contribution < 1.29 is 13.2 Å². The molecule has 1 fully saturated rings. The number of hydrogen-bond acceptors (Lipinski definition) is 3. The molecule has 1 aliphatic rings. The Hall–Kier alpha value is 0.310. The van der Waals surface area contributed by atoms with E-state index in [9.17, 15) is 8.42 Å². The monoisotopic (exact) mass is 328 g/mol. The third kappa shape index (κ3) is 3.89. The lowest BCUT2D eigenvalue weighted by molar-refractivity contribution is 0.0551. The van der Waals surface area contributed by atoms with E-state index < -0.39 is 15.7 Å². The summed E-state index contributed by atoms with van der Waals surface area (Å²) in [7, 11) is -1.84. The van der Waals surface area contributed by atoms with Gasteiger partial charge in [0, 0.05) is 37.2 Å². The van der Waals surface area contributed by atoms with Crippen molar-refractivity contribution in [3.8, 4) is 0 Å². The summed E-state index contributed by atoms with van der Waals surface area (Å²) >= 11 is 3.41. The molecular formula is C10H21BrN2O3S. The molecule has 0 unspecified atom stereocenters. The maximum atomic E-state index is 12.2. The Morgan fingerprint density at radius 1 is 1.41 bits per heavy atom. The Labute approximate surface area is 112 Å². The summed E-state index contributed by atoms with van der Waals surface area (Å²) in [5.41, 5.74) is -0.416. The van der Waals surface area contributed by atoms with E-state index in [4.69, 9.17) is 4.74 Å². The van der Waals surface area contributed by atoms with Gasteiger partial charge in [0.1, 0.15) is 0 Å². The third-order valence-corrected chi connectivity index (χ3v) is 6.10. The van der Waals surface area contributed by atoms with Gasteiger partial charge in [0.2, 0.25) is 0 Å². The standard InChI is InChI=1S/C10H21BrN2O3S/c1-9(2)13(3)17(14,15)12-10(8-11)4-6-16-7-5-10/h9,12H,4-8H2,1-3H3. The minimum atomic E-state index is -3.43. The summed E-state index contributed by atoms with van der Waals surface area (Å²) in [5.74, 6) is 0. The van der Waals surface area contributed by atoms with Crippen LogP contribution in [-0.4, -0.2) is 49.9 Å². The molecule has 1 heterocycles. The third-order valence-electron chi connectivity index (χ3n) is 3.16. The van der Waals surface area contributed by atoms with Gasteiger partial charge < -0.3 is 4.74 Å². The average Bonchev–Trinajstić information content (AvgIpc) is 2.28. The molecule has 7 heteroatoms. The van der Waals surface area contributed by atoms with E-state index in [0.717, 1.165) is 0 Å². The zero-order chi connectivity index (χ0) is 13.1. The topological polar surface area (TPSA) is 58.6 Å². The highest BCUT2D eigenvalue weighted by molar-refractivity contribution is 9.09. The van der Waals surface area contributed by atoms with Crippen molar-refractivity contribution in [3.63, 3.8) is 0 Å². The van der Waals surface area contributed by atoms with Crippen molar-refractivity contribution >= 4 is 26.1 Å². The molecule has 0 aromatic rings. The van der Waals surface area contributed by atoms with Gasteiger partial charge in [0.15, 0.2) is 0 Å². The van der Waals surface area contributed by atoms with Crippen LogP contribution in [0.1, 0.15) is 26.7 Å². The van der Waals surface area contributed by atoms with Crippen LogP contribution in [-0.2, 0) is 14.9 Å². The Morgan fingerprint density at radius 2 is 1.94 bits per heavy atom. The molecule has 0 atom stereocenters. The molecule has 17 heavy (non-hydrogen) atoms. The van der Waals surface area contributed by atoms with Gasteiger partial charge in [-0.15, -0.1) is 0 Å². The fourth-order valence-electron chi connectivity index (χ4n) is 1.65. The van der Waals surface area contributed by atoms with Crippen molar-refractivity contribution in [2.75, 3.05) is 25.6 Å². The Morgan fingerprint density at radius 3 is 2.35 bits per heavy atom. The SMILES string of the molecule is CC(C)N(C)S(=O)(=O)NC1(CBr)CCOCC1. The van der Waals surface area contributed by atoms with Gasteiger partial charge in [-0.2, -0.15) is 17.4 Å². The fourth-order valence-corrected chi connectivity index (χ4v) is 4.06. The summed E-state index contributed by atoms with van der Waals surface area (Å²) in [4.78, 5) is 0. The summed E-state index contributed by atoms with van der Waals surface area (Å²) in [6.07, 6.45) is 1.40. The van der Waals surface area contributed by atoms with Gasteiger partial charge in [-0.1, -0.05) is 15.9 Å². The largest absolute Gasteiger partial charge is 0.381 e. The van der Waals surface area contributed by atoms with Gasteiger partial charge >= 0.3 is 0 Å². The van der Waals surface area contributed by atoms with E-state index in [1.807, 2.05) is 13.8 Å². The second kappa shape index (κ2) is 5.97. The molecule has 102 valence electrons. The highest BCUT2D eigenvalue weighted by atomic mass is 79.9. The molecule has 0 aliphatic carbocycles. The van der Waals surface area contributed by atoms with Crippen LogP contribution in [0.3, 0.4) is 0 Å². The maximum absolute atomic E-state index is 12.2. The summed E-state index contributed by atoms with van der Waals surface area (Å²) < 4.78 is 33.8. The molecule has 1 rings (SSSR count). The lowest BCUT2D eigenvalue weighted by Gasteiger charge is -2.37. The predicted octanol–water partition coefficient (Wildman–Crippen LogP) is 1.11. The smallest absolute Gasteiger partial charge is 0.279 e. The molecule has 0 bridgehead atoms. The first kappa shape index (κ1) is 15.4. The van der Waals surface area contributed by atoms with E-state index in [1.54, 1.807) is 7.05 Å². The Bertz CT molecular complexity index is 339. The number of nitrogens with zero attached hydrogens (tertiary/aromatic N) is 1. The van der Waals surface area contributed by atoms with Crippen LogP contribution in [0.2, 0.25) is 0 Å². The van der Waals surface area contributed by atoms with Crippen molar-refractivity contribution in [1.82, 2.24) is 9.03 Å². The van der Waals surface area contributed by atoms with Gasteiger partial charge in [0.05, 0.1) is 0 Å². The molecule has 0 aromatic carbocycles. The number of halogens is 1. The van der Waals surface area contributed by atoms with Gasteiger partial charge in [-0.25, -0.2) is 0 Å². The van der Waals surface area contributed by atoms with Crippen molar-refractivity contribution in [1.29, 1.82) is 0 Å². The summed E-state index contributed by atoms with van der Waals surface area (Å²) in [6, 6.07) is -0.0558. The number of hydrogen-bond donors (Lipinski definition) is 1. The molecule has 5 nitrogen and oxygen atoms in total. The van der Waals surface area contributed by atoms with Crippen LogP contribution in [0.15, 0.2) is 0 Å². The summed E-state index contributed by atoms with van der Waals surface area (Å²) in [5, 5.41) is 0.606. The van der Waals surface area contributed by atoms with Gasteiger partial charge in [0.25, 0.3) is 10.2 Å². The van der Waals surface area contributed by atoms with Crippen molar-refractivity contribution in [2.24, 2.45) is 0 Å². The van der Waals surface area contributed by atoms with E-state index in [2.05, 4.69) is 20.7 Å². The quantitative estimate of drug-likeness (QED) is 0.769. The molecule has 1 saturated heterocycles. The number of nitrogens with one attached hydrogen (secondary N) is 1. The van der Waals surface area contributed by atoms with Crippen LogP contribution >= 0.6 is 15.9 Å². The zero-order valence-electron chi connectivity index (χ0n) is 10.6. The predicted molar refractivity (Wildman–Crippen MR) is 71.5 cm³/mol. The van der Waals surface area contributed by atoms with Crippen LogP contribution < -0.4 is 4.72 Å². The van der Waals surface area contributed by atoms with Crippen LogP contribution in [0.4, 0.5) is 0 Å². The number of alkyl halides is 1. The lowest BCUT2D eigenvalue weighted by Crippen LogP contribution is -2.57. The van der Waals surface area contributed by atoms with Gasteiger partial charge in [-0.3, -0.25) is 0 Å². The lowest BCUT2D eigenvalue weighted by atomic mass is 9.94. The molecule has 0 amide bonds. The molecule has 0 spiro atoms. The highest BCUT2D eigenvalue weighted by Gasteiger charge is 2.37. The second-order valence-corrected chi connectivity index (χ2v) is 7.03. The van der Waals surface area contributed by atoms with Crippen LogP contribution in [0.25, 0.3) is 0 Å². The molecule has 0 radical (unpaired) electrons. The van der Waals surface area contributed by atoms with Crippen molar-refractivity contribution in [3.05, 3.63) is 0 Å². The second-order valence-electron chi connectivity index (χ2n) is 4.74. The maximum Gasteiger partial charge on any atom is 0.279 e. The first-order chi connectivity index (χ1) is 7.83. The summed E-state index contributed by atoms with van der Waals surface area (Å²) in [6.45, 7) is 4.90. The minimum absolute atomic E-state index is 0.0558. The first-order valence-electron chi connectivity index (χ1n) is 5.74. The van der Waals surface area contributed by atoms with E-state index in [1.165, 1.54) is 4.31 Å². The van der Waals surface area contributed by atoms with Crippen LogP contribution in [0, 0.1) is 0 Å². The Balaban J connectivity index is 2.80. The fraction of sp³-hybridized carbons (Fsp3) is 1.00. The highest BCUT2D eigenvalue weighted by Crippen LogP contribution is 2.24. The molecule has 1 aliphatic heterocycles.